The number of benzene rings is 1. The number of thiazole rings is 1. The van der Waals surface area contributed by atoms with Gasteiger partial charge in [-0.25, -0.2) is 9.78 Å². The number of aromatic hydroxyl groups is 2. The van der Waals surface area contributed by atoms with E-state index in [9.17, 15) is 39.3 Å². The fourth-order valence-electron chi connectivity index (χ4n) is 5.86. The van der Waals surface area contributed by atoms with E-state index in [2.05, 4.69) is 20.8 Å². The molecule has 1 aromatic carbocycles. The number of nitrogens with one attached hydrogen (secondary N) is 2. The highest BCUT2D eigenvalue weighted by atomic mass is 35.5. The third kappa shape index (κ3) is 7.13. The van der Waals surface area contributed by atoms with Crippen LogP contribution in [-0.2, 0) is 24.0 Å². The molecule has 2 aromatic rings. The van der Waals surface area contributed by atoms with Crippen LogP contribution in [0, 0.1) is 0 Å². The Morgan fingerprint density at radius 3 is 2.60 bits per heavy atom. The van der Waals surface area contributed by atoms with Crippen molar-refractivity contribution in [3.8, 4) is 11.5 Å². The molecule has 2 saturated heterocycles. The molecule has 7 N–H and O–H groups in total. The number of oxime groups is 1. The molecule has 1 aromatic heterocycles. The first-order chi connectivity index (χ1) is 22.8. The number of carbonyl (C=O) groups is 5. The van der Waals surface area contributed by atoms with Gasteiger partial charge in [-0.15, -0.1) is 23.1 Å². The molecular formula is C28H30ClN7O10S2. The van der Waals surface area contributed by atoms with Crippen molar-refractivity contribution in [3.05, 3.63) is 45.1 Å². The van der Waals surface area contributed by atoms with Crippen LogP contribution in [0.2, 0.25) is 5.02 Å². The molecule has 3 amide bonds. The highest BCUT2D eigenvalue weighted by Crippen LogP contribution is 2.41. The lowest BCUT2D eigenvalue weighted by molar-refractivity contribution is -0.911. The Balaban J connectivity index is 1.28. The second kappa shape index (κ2) is 14.3. The van der Waals surface area contributed by atoms with E-state index in [-0.39, 0.29) is 46.0 Å². The van der Waals surface area contributed by atoms with Gasteiger partial charge in [0, 0.05) is 29.5 Å². The molecule has 4 heterocycles. The lowest BCUT2D eigenvalue weighted by atomic mass is 10.0. The number of nitrogens with two attached hydrogens (primary N) is 1. The fraction of sp³-hybridized carbons (Fsp3) is 0.393. The smallest absolute Gasteiger partial charge is 0.344 e. The summed E-state index contributed by atoms with van der Waals surface area (Å²) < 4.78 is 0.446. The second-order valence-electron chi connectivity index (χ2n) is 11.2. The van der Waals surface area contributed by atoms with Crippen LogP contribution in [0.1, 0.15) is 28.9 Å². The maximum absolute atomic E-state index is 13.3. The summed E-state index contributed by atoms with van der Waals surface area (Å²) in [7, 11) is 0. The Morgan fingerprint density at radius 2 is 1.96 bits per heavy atom. The predicted octanol–water partition coefficient (Wildman–Crippen LogP) is -0.960. The lowest BCUT2D eigenvalue weighted by Crippen LogP contribution is -2.72. The predicted molar refractivity (Wildman–Crippen MR) is 170 cm³/mol. The Labute approximate surface area is 285 Å². The number of carboxylic acids is 2. The molecule has 2 fully saturated rings. The number of nitrogens with zero attached hydrogens (tertiary/aromatic N) is 4. The van der Waals surface area contributed by atoms with Gasteiger partial charge in [-0.2, -0.15) is 0 Å². The average Bonchev–Trinajstić information content (AvgIpc) is 3.69. The SMILES string of the molecule is Nc1nc(/C(=N/OCC(=O)O)C(=O)N[C@@H]2C(=O)N3C(C(=O)[O-])=C(C[N+]4(CCNC(=O)c5ccc(O)c(O)c5Cl)CCCC4)CS[C@H]23)cs1. The van der Waals surface area contributed by atoms with Gasteiger partial charge in [-0.3, -0.25) is 19.3 Å². The number of fused-ring (bicyclic) bond motifs is 1. The minimum atomic E-state index is -1.54. The van der Waals surface area contributed by atoms with Gasteiger partial charge in [0.15, 0.2) is 22.3 Å². The number of thioether (sulfide) groups is 1. The zero-order valence-electron chi connectivity index (χ0n) is 25.0. The molecule has 20 heteroatoms. The van der Waals surface area contributed by atoms with E-state index in [0.29, 0.717) is 29.7 Å². The van der Waals surface area contributed by atoms with Gasteiger partial charge in [0.25, 0.3) is 17.7 Å². The summed E-state index contributed by atoms with van der Waals surface area (Å²) in [6.07, 6.45) is 1.74. The Hall–Kier alpha value is -4.59. The third-order valence-electron chi connectivity index (χ3n) is 8.10. The number of nitrogen functional groups attached to an aromatic ring is 1. The average molecular weight is 724 g/mol. The van der Waals surface area contributed by atoms with Crippen molar-refractivity contribution in [3.63, 3.8) is 0 Å². The normalized spacial score (nSPS) is 20.1. The van der Waals surface area contributed by atoms with Gasteiger partial charge >= 0.3 is 5.97 Å². The van der Waals surface area contributed by atoms with Crippen LogP contribution < -0.4 is 21.5 Å². The van der Waals surface area contributed by atoms with Crippen molar-refractivity contribution in [1.29, 1.82) is 0 Å². The van der Waals surface area contributed by atoms with Crippen molar-refractivity contribution < 1.29 is 53.7 Å². The summed E-state index contributed by atoms with van der Waals surface area (Å²) in [6, 6.07) is 1.31. The van der Waals surface area contributed by atoms with Crippen LogP contribution in [0.15, 0.2) is 33.9 Å². The van der Waals surface area contributed by atoms with E-state index in [1.165, 1.54) is 23.2 Å². The summed E-state index contributed by atoms with van der Waals surface area (Å²) in [5.74, 6) is -5.85. The molecule has 3 aliphatic rings. The monoisotopic (exact) mass is 723 g/mol. The molecule has 0 unspecified atom stereocenters. The molecule has 0 radical (unpaired) electrons. The van der Waals surface area contributed by atoms with Crippen LogP contribution in [-0.4, -0.2) is 122 Å². The summed E-state index contributed by atoms with van der Waals surface area (Å²) in [6.45, 7) is 1.48. The molecule has 5 rings (SSSR count). The van der Waals surface area contributed by atoms with E-state index >= 15 is 0 Å². The van der Waals surface area contributed by atoms with Crippen molar-refractivity contribution >= 4 is 75.2 Å². The first-order valence-electron chi connectivity index (χ1n) is 14.5. The van der Waals surface area contributed by atoms with Gasteiger partial charge in [0.05, 0.1) is 48.4 Å². The summed E-state index contributed by atoms with van der Waals surface area (Å²) in [4.78, 5) is 72.3. The standard InChI is InChI=1S/C28H30ClN7O10S2/c29-18-14(3-4-16(37)22(18)40)23(41)31-5-8-36(6-1-2-7-36)9-13-11-47-26-20(25(43)35(26)21(13)27(44)45)33-24(42)19(34-46-10-17(38)39)15-12-48-28(30)32-15/h3-4,12,20,26H,1-2,5-11H2,(H7-,30,31,32,33,34,37,38,39,40,41,42,44,45)/t20-,26-/m1/s1. The van der Waals surface area contributed by atoms with E-state index in [4.69, 9.17) is 27.3 Å². The number of quaternary nitrogens is 1. The van der Waals surface area contributed by atoms with Crippen molar-refractivity contribution in [1.82, 2.24) is 20.5 Å². The Morgan fingerprint density at radius 1 is 1.23 bits per heavy atom. The Bertz CT molecular complexity index is 1730. The molecular weight excluding hydrogens is 694 g/mol. The number of carboxylic acid groups (broad SMARTS) is 2. The number of phenols is 2. The van der Waals surface area contributed by atoms with Crippen LogP contribution in [0.3, 0.4) is 0 Å². The van der Waals surface area contributed by atoms with Gasteiger partial charge in [0.1, 0.15) is 23.7 Å². The third-order valence-corrected chi connectivity index (χ3v) is 10.5. The van der Waals surface area contributed by atoms with E-state index in [1.807, 2.05) is 0 Å². The van der Waals surface area contributed by atoms with Crippen LogP contribution in [0.4, 0.5) is 5.13 Å². The number of hydrogen-bond acceptors (Lipinski definition) is 14. The molecule has 0 bridgehead atoms. The number of anilines is 1. The van der Waals surface area contributed by atoms with Crippen molar-refractivity contribution in [2.45, 2.75) is 24.3 Å². The number of halogens is 1. The lowest BCUT2D eigenvalue weighted by Gasteiger charge is -2.51. The van der Waals surface area contributed by atoms with E-state index in [0.717, 1.165) is 35.1 Å². The summed E-state index contributed by atoms with van der Waals surface area (Å²) in [5, 5.41) is 50.1. The fourth-order valence-corrected chi connectivity index (χ4v) is 7.99. The first kappa shape index (κ1) is 34.7. The molecule has 0 aliphatic carbocycles. The zero-order valence-corrected chi connectivity index (χ0v) is 27.4. The van der Waals surface area contributed by atoms with E-state index in [1.54, 1.807) is 0 Å². The number of rotatable bonds is 13. The number of phenolic OH excluding ortho intramolecular Hbond substituents is 2. The Kier molecular flexibility index (Phi) is 10.3. The number of β-lactam (4-membered cyclic amide) rings is 1. The zero-order chi connectivity index (χ0) is 34.7. The highest BCUT2D eigenvalue weighted by Gasteiger charge is 2.54. The molecule has 2 atom stereocenters. The van der Waals surface area contributed by atoms with Gasteiger partial charge in [-0.1, -0.05) is 16.8 Å². The van der Waals surface area contributed by atoms with Gasteiger partial charge in [-0.05, 0) is 12.1 Å². The van der Waals surface area contributed by atoms with Gasteiger partial charge in [0.2, 0.25) is 6.61 Å². The minimum absolute atomic E-state index is 0.00180. The number of amides is 3. The molecule has 256 valence electrons. The molecule has 0 saturated carbocycles. The number of hydrogen-bond donors (Lipinski definition) is 6. The van der Waals surface area contributed by atoms with Crippen LogP contribution >= 0.6 is 34.7 Å². The highest BCUT2D eigenvalue weighted by molar-refractivity contribution is 8.00. The largest absolute Gasteiger partial charge is 0.543 e. The first-order valence-corrected chi connectivity index (χ1v) is 16.8. The summed E-state index contributed by atoms with van der Waals surface area (Å²) >= 11 is 8.28. The minimum Gasteiger partial charge on any atom is -0.543 e. The van der Waals surface area contributed by atoms with E-state index < -0.39 is 64.9 Å². The molecule has 3 aliphatic heterocycles. The number of aliphatic carboxylic acids is 2. The maximum atomic E-state index is 13.3. The molecule has 0 spiro atoms. The van der Waals surface area contributed by atoms with Crippen molar-refractivity contribution in [2.24, 2.45) is 5.16 Å². The summed E-state index contributed by atoms with van der Waals surface area (Å²) in [5.41, 5.74) is 5.45. The van der Waals surface area contributed by atoms with Gasteiger partial charge < -0.3 is 50.9 Å². The van der Waals surface area contributed by atoms with Crippen LogP contribution in [0.25, 0.3) is 0 Å². The number of carbonyl (C=O) groups excluding carboxylic acids is 4. The second-order valence-corrected chi connectivity index (χ2v) is 13.6. The number of likely N-dealkylation sites (tertiary alicyclic amines) is 1. The topological polar surface area (TPSA) is 257 Å². The number of aromatic nitrogens is 1. The molecule has 48 heavy (non-hydrogen) atoms. The molecule has 17 nitrogen and oxygen atoms in total. The van der Waals surface area contributed by atoms with Crippen molar-refractivity contribution in [2.75, 3.05) is 50.8 Å². The quantitative estimate of drug-likeness (QED) is 0.0479. The maximum Gasteiger partial charge on any atom is 0.344 e. The van der Waals surface area contributed by atoms with Crippen LogP contribution in [0.5, 0.6) is 11.5 Å².